The molecule has 2 heterocycles. The summed E-state index contributed by atoms with van der Waals surface area (Å²) in [7, 11) is 0. The van der Waals surface area contributed by atoms with Gasteiger partial charge in [0.05, 0.1) is 17.3 Å². The molecule has 1 unspecified atom stereocenters. The molecule has 3 aromatic carbocycles. The molecule has 1 saturated heterocycles. The van der Waals surface area contributed by atoms with Gasteiger partial charge in [-0.3, -0.25) is 10.2 Å². The van der Waals surface area contributed by atoms with Gasteiger partial charge < -0.3 is 4.74 Å². The first-order chi connectivity index (χ1) is 13.0. The van der Waals surface area contributed by atoms with Crippen molar-refractivity contribution < 1.29 is 9.53 Å². The summed E-state index contributed by atoms with van der Waals surface area (Å²) in [4.78, 5) is 12.5. The number of nitriles is 1. The van der Waals surface area contributed by atoms with E-state index in [2.05, 4.69) is 11.5 Å². The fourth-order valence-corrected chi connectivity index (χ4v) is 3.90. The van der Waals surface area contributed by atoms with Crippen LogP contribution in [0, 0.1) is 16.7 Å². The molecule has 1 N–H and O–H groups in total. The smallest absolute Gasteiger partial charge is 0.250 e. The molecule has 5 rings (SSSR count). The molecule has 27 heavy (non-hydrogen) atoms. The molecule has 0 saturated carbocycles. The number of hydrogen-bond donors (Lipinski definition) is 1. The maximum absolute atomic E-state index is 12.5. The summed E-state index contributed by atoms with van der Waals surface area (Å²) >= 11 is 0. The lowest BCUT2D eigenvalue weighted by atomic mass is 9.91. The lowest BCUT2D eigenvalue weighted by molar-refractivity contribution is -0.128. The number of benzene rings is 3. The minimum absolute atomic E-state index is 0.0646. The molecule has 1 fully saturated rings. The topological polar surface area (TPSA) is 65.4 Å². The number of rotatable bonds is 0. The van der Waals surface area contributed by atoms with Crippen molar-refractivity contribution >= 4 is 22.4 Å². The van der Waals surface area contributed by atoms with Gasteiger partial charge in [0, 0.05) is 11.1 Å². The van der Waals surface area contributed by atoms with E-state index in [-0.39, 0.29) is 5.91 Å². The second kappa shape index (κ2) is 5.24. The minimum atomic E-state index is -0.700. The van der Waals surface area contributed by atoms with Gasteiger partial charge in [0.1, 0.15) is 11.2 Å². The van der Waals surface area contributed by atoms with Gasteiger partial charge in [0.25, 0.3) is 0 Å². The van der Waals surface area contributed by atoms with Gasteiger partial charge in [0.2, 0.25) is 12.1 Å². The quantitative estimate of drug-likeness (QED) is 0.663. The molecule has 1 atom stereocenters. The summed E-state index contributed by atoms with van der Waals surface area (Å²) in [6, 6.07) is 19.7. The van der Waals surface area contributed by atoms with E-state index in [1.807, 2.05) is 73.5 Å². The van der Waals surface area contributed by atoms with Gasteiger partial charge in [-0.2, -0.15) is 5.26 Å². The van der Waals surface area contributed by atoms with E-state index in [0.717, 1.165) is 33.3 Å². The highest BCUT2D eigenvalue weighted by Gasteiger charge is 2.51. The fraction of sp³-hybridized carbons (Fsp3) is 0.182. The van der Waals surface area contributed by atoms with Crippen molar-refractivity contribution in [2.75, 3.05) is 5.01 Å². The Kier molecular flexibility index (Phi) is 3.05. The van der Waals surface area contributed by atoms with Crippen molar-refractivity contribution in [2.24, 2.45) is 5.41 Å². The zero-order chi connectivity index (χ0) is 18.8. The van der Waals surface area contributed by atoms with Gasteiger partial charge in [-0.15, -0.1) is 0 Å². The normalized spacial score (nSPS) is 19.2. The molecule has 0 spiro atoms. The molecule has 3 aromatic rings. The van der Waals surface area contributed by atoms with Crippen LogP contribution in [-0.2, 0) is 4.79 Å². The zero-order valence-electron chi connectivity index (χ0n) is 15.0. The standard InChI is InChI=1S/C22H17N3O2/c1-22(2)20(26)24-25-17-6-4-3-5-16(17)19-15-9-7-13(12-23)11-14(15)8-10-18(19)27-21(22)25/h3-11,21H,1-2H3,(H,24,26). The second-order valence-corrected chi connectivity index (χ2v) is 7.51. The molecule has 0 bridgehead atoms. The van der Waals surface area contributed by atoms with Gasteiger partial charge in [-0.25, -0.2) is 5.01 Å². The van der Waals surface area contributed by atoms with Crippen LogP contribution in [0.2, 0.25) is 0 Å². The first-order valence-electron chi connectivity index (χ1n) is 8.84. The van der Waals surface area contributed by atoms with Crippen LogP contribution in [0.5, 0.6) is 5.75 Å². The van der Waals surface area contributed by atoms with Gasteiger partial charge in [0.15, 0.2) is 0 Å². The molecule has 132 valence electrons. The molecule has 5 heteroatoms. The monoisotopic (exact) mass is 355 g/mol. The van der Waals surface area contributed by atoms with E-state index in [9.17, 15) is 10.1 Å². The number of ether oxygens (including phenoxy) is 1. The van der Waals surface area contributed by atoms with Crippen molar-refractivity contribution in [3.63, 3.8) is 0 Å². The summed E-state index contributed by atoms with van der Waals surface area (Å²) < 4.78 is 6.39. The first kappa shape index (κ1) is 15.7. The Morgan fingerprint density at radius 1 is 1.15 bits per heavy atom. The highest BCUT2D eigenvalue weighted by molar-refractivity contribution is 6.04. The third-order valence-electron chi connectivity index (χ3n) is 5.44. The number of hydrazine groups is 1. The summed E-state index contributed by atoms with van der Waals surface area (Å²) in [5.41, 5.74) is 5.76. The summed E-state index contributed by atoms with van der Waals surface area (Å²) in [5, 5.41) is 13.0. The van der Waals surface area contributed by atoms with Gasteiger partial charge in [-0.1, -0.05) is 30.3 Å². The van der Waals surface area contributed by atoms with Crippen LogP contribution in [0.15, 0.2) is 54.6 Å². The van der Waals surface area contributed by atoms with Crippen molar-refractivity contribution in [1.82, 2.24) is 5.43 Å². The average Bonchev–Trinajstić information content (AvgIpc) is 2.82. The minimum Gasteiger partial charge on any atom is -0.467 e. The Morgan fingerprint density at radius 3 is 2.78 bits per heavy atom. The van der Waals surface area contributed by atoms with Crippen molar-refractivity contribution in [1.29, 1.82) is 5.26 Å². The summed E-state index contributed by atoms with van der Waals surface area (Å²) in [5.74, 6) is 0.668. The van der Waals surface area contributed by atoms with Crippen LogP contribution in [0.25, 0.3) is 21.9 Å². The van der Waals surface area contributed by atoms with E-state index in [1.54, 1.807) is 0 Å². The van der Waals surface area contributed by atoms with Crippen molar-refractivity contribution in [2.45, 2.75) is 20.1 Å². The summed E-state index contributed by atoms with van der Waals surface area (Å²) in [6.45, 7) is 3.78. The molecule has 5 nitrogen and oxygen atoms in total. The third kappa shape index (κ3) is 2.07. The molecule has 1 amide bonds. The maximum atomic E-state index is 12.5. The van der Waals surface area contributed by atoms with Gasteiger partial charge >= 0.3 is 0 Å². The SMILES string of the molecule is CC1(C)C(=O)NN2c3ccccc3-c3c(ccc4cc(C#N)ccc34)OC21. The number of carbonyl (C=O) groups excluding carboxylic acids is 1. The number of amides is 1. The van der Waals surface area contributed by atoms with Crippen LogP contribution in [-0.4, -0.2) is 12.1 Å². The predicted octanol–water partition coefficient (Wildman–Crippen LogP) is 3.97. The highest BCUT2D eigenvalue weighted by Crippen LogP contribution is 2.48. The van der Waals surface area contributed by atoms with Crippen LogP contribution < -0.4 is 15.2 Å². The second-order valence-electron chi connectivity index (χ2n) is 7.51. The molecule has 0 aliphatic carbocycles. The zero-order valence-corrected chi connectivity index (χ0v) is 15.0. The van der Waals surface area contributed by atoms with E-state index in [1.165, 1.54) is 0 Å². The molecule has 2 aliphatic heterocycles. The lowest BCUT2D eigenvalue weighted by Gasteiger charge is -2.29. The van der Waals surface area contributed by atoms with E-state index < -0.39 is 11.6 Å². The number of fused-ring (bicyclic) bond motifs is 7. The number of nitrogens with one attached hydrogen (secondary N) is 1. The first-order valence-corrected chi connectivity index (χ1v) is 8.84. The molecular formula is C22H17N3O2. The van der Waals surface area contributed by atoms with Gasteiger partial charge in [-0.05, 0) is 48.9 Å². The largest absolute Gasteiger partial charge is 0.467 e. The maximum Gasteiger partial charge on any atom is 0.250 e. The highest BCUT2D eigenvalue weighted by atomic mass is 16.5. The van der Waals surface area contributed by atoms with Crippen molar-refractivity contribution in [3.8, 4) is 22.9 Å². The number of nitrogens with zero attached hydrogens (tertiary/aromatic N) is 2. The number of hydrogen-bond acceptors (Lipinski definition) is 4. The number of anilines is 1. The molecule has 0 radical (unpaired) electrons. The Labute approximate surface area is 156 Å². The molecule has 2 aliphatic rings. The lowest BCUT2D eigenvalue weighted by Crippen LogP contribution is -2.43. The van der Waals surface area contributed by atoms with E-state index >= 15 is 0 Å². The van der Waals surface area contributed by atoms with Crippen LogP contribution in [0.4, 0.5) is 5.69 Å². The third-order valence-corrected chi connectivity index (χ3v) is 5.44. The number of para-hydroxylation sites is 1. The Bertz CT molecular complexity index is 1160. The van der Waals surface area contributed by atoms with E-state index in [4.69, 9.17) is 4.74 Å². The molecular weight excluding hydrogens is 338 g/mol. The van der Waals surface area contributed by atoms with Crippen LogP contribution in [0.3, 0.4) is 0 Å². The Hall–Kier alpha value is -3.52. The summed E-state index contributed by atoms with van der Waals surface area (Å²) in [6.07, 6.45) is -0.455. The van der Waals surface area contributed by atoms with Crippen LogP contribution in [0.1, 0.15) is 19.4 Å². The van der Waals surface area contributed by atoms with E-state index in [0.29, 0.717) is 5.56 Å². The predicted molar refractivity (Wildman–Crippen MR) is 103 cm³/mol. The average molecular weight is 355 g/mol. The Morgan fingerprint density at radius 2 is 1.96 bits per heavy atom. The fourth-order valence-electron chi connectivity index (χ4n) is 3.90. The molecule has 0 aromatic heterocycles. The number of carbonyl (C=O) groups is 1. The van der Waals surface area contributed by atoms with Crippen molar-refractivity contribution in [3.05, 3.63) is 60.2 Å². The van der Waals surface area contributed by atoms with Crippen LogP contribution >= 0.6 is 0 Å². The Balaban J connectivity index is 1.84.